The molecule has 0 radical (unpaired) electrons. The van der Waals surface area contributed by atoms with Gasteiger partial charge in [0.15, 0.2) is 0 Å². The van der Waals surface area contributed by atoms with Crippen LogP contribution in [0.15, 0.2) is 53.4 Å². The smallest absolute Gasteiger partial charge is 0.244 e. The van der Waals surface area contributed by atoms with Crippen LogP contribution in [0.2, 0.25) is 5.02 Å². The van der Waals surface area contributed by atoms with Gasteiger partial charge in [0.2, 0.25) is 15.9 Å². The standard InChI is InChI=1S/C20H20ClFN2O4S/c21-17-5-3-6-18(22)16(17)8-9-20(25)23-14-15-4-1-2-7-19(15)29(26,27)24-10-12-28-13-11-24/h1-9H,10-14H2,(H,23,25)/b9-8+. The van der Waals surface area contributed by atoms with Crippen molar-refractivity contribution in [3.8, 4) is 0 Å². The fraction of sp³-hybridized carbons (Fsp3) is 0.250. The third kappa shape index (κ3) is 5.22. The summed E-state index contributed by atoms with van der Waals surface area (Å²) in [6.07, 6.45) is 2.44. The molecule has 0 unspecified atom stereocenters. The van der Waals surface area contributed by atoms with Crippen molar-refractivity contribution >= 4 is 33.6 Å². The number of ether oxygens (including phenoxy) is 1. The van der Waals surface area contributed by atoms with Crippen molar-refractivity contribution in [3.63, 3.8) is 0 Å². The second kappa shape index (κ2) is 9.49. The van der Waals surface area contributed by atoms with Crippen LogP contribution in [0.4, 0.5) is 4.39 Å². The van der Waals surface area contributed by atoms with Crippen LogP contribution in [0, 0.1) is 5.82 Å². The summed E-state index contributed by atoms with van der Waals surface area (Å²) in [6.45, 7) is 1.28. The molecule has 0 atom stereocenters. The molecular weight excluding hydrogens is 419 g/mol. The molecule has 1 N–H and O–H groups in total. The minimum atomic E-state index is -3.69. The predicted molar refractivity (Wildman–Crippen MR) is 108 cm³/mol. The molecule has 1 heterocycles. The van der Waals surface area contributed by atoms with Crippen LogP contribution in [-0.2, 0) is 26.1 Å². The highest BCUT2D eigenvalue weighted by molar-refractivity contribution is 7.89. The van der Waals surface area contributed by atoms with E-state index in [0.29, 0.717) is 18.8 Å². The molecule has 1 saturated heterocycles. The fourth-order valence-electron chi connectivity index (χ4n) is 2.90. The molecule has 6 nitrogen and oxygen atoms in total. The molecule has 3 rings (SSSR count). The number of carbonyl (C=O) groups excluding carboxylic acids is 1. The van der Waals surface area contributed by atoms with Gasteiger partial charge in [0.1, 0.15) is 5.82 Å². The molecule has 1 aliphatic rings. The minimum Gasteiger partial charge on any atom is -0.379 e. The molecule has 9 heteroatoms. The Labute approximate surface area is 174 Å². The van der Waals surface area contributed by atoms with Crippen LogP contribution in [0.25, 0.3) is 6.08 Å². The Morgan fingerprint density at radius 2 is 1.90 bits per heavy atom. The van der Waals surface area contributed by atoms with Crippen molar-refractivity contribution in [2.45, 2.75) is 11.4 Å². The Morgan fingerprint density at radius 1 is 1.17 bits per heavy atom. The largest absolute Gasteiger partial charge is 0.379 e. The first kappa shape index (κ1) is 21.4. The first-order chi connectivity index (χ1) is 13.9. The SMILES string of the molecule is O=C(/C=C/c1c(F)cccc1Cl)NCc1ccccc1S(=O)(=O)N1CCOCC1. The number of hydrogen-bond donors (Lipinski definition) is 1. The number of nitrogens with one attached hydrogen (secondary N) is 1. The third-order valence-corrected chi connectivity index (χ3v) is 6.74. The van der Waals surface area contributed by atoms with Crippen molar-refractivity contribution < 1.29 is 22.3 Å². The number of halogens is 2. The summed E-state index contributed by atoms with van der Waals surface area (Å²) in [4.78, 5) is 12.3. The van der Waals surface area contributed by atoms with Gasteiger partial charge in [0.25, 0.3) is 0 Å². The molecule has 0 saturated carbocycles. The maximum absolute atomic E-state index is 13.8. The lowest BCUT2D eigenvalue weighted by Crippen LogP contribution is -2.41. The van der Waals surface area contributed by atoms with Crippen LogP contribution >= 0.6 is 11.6 Å². The summed E-state index contributed by atoms with van der Waals surface area (Å²) in [5.74, 6) is -1.04. The van der Waals surface area contributed by atoms with Gasteiger partial charge in [-0.1, -0.05) is 35.9 Å². The molecule has 2 aromatic rings. The molecule has 1 aliphatic heterocycles. The molecule has 0 bridgehead atoms. The van der Waals surface area contributed by atoms with Gasteiger partial charge in [-0.05, 0) is 29.8 Å². The van der Waals surface area contributed by atoms with Crippen molar-refractivity contribution in [3.05, 3.63) is 70.5 Å². The number of nitrogens with zero attached hydrogens (tertiary/aromatic N) is 1. The molecule has 0 spiro atoms. The molecule has 2 aromatic carbocycles. The topological polar surface area (TPSA) is 75.7 Å². The van der Waals surface area contributed by atoms with Gasteiger partial charge in [0, 0.05) is 31.3 Å². The summed E-state index contributed by atoms with van der Waals surface area (Å²) in [7, 11) is -3.69. The van der Waals surface area contributed by atoms with Gasteiger partial charge < -0.3 is 10.1 Å². The van der Waals surface area contributed by atoms with E-state index >= 15 is 0 Å². The highest BCUT2D eigenvalue weighted by Gasteiger charge is 2.28. The lowest BCUT2D eigenvalue weighted by Gasteiger charge is -2.27. The zero-order valence-electron chi connectivity index (χ0n) is 15.5. The quantitative estimate of drug-likeness (QED) is 0.704. The predicted octanol–water partition coefficient (Wildman–Crippen LogP) is 2.83. The highest BCUT2D eigenvalue weighted by Crippen LogP contribution is 2.22. The summed E-state index contributed by atoms with van der Waals surface area (Å²) in [5.41, 5.74) is 0.573. The van der Waals surface area contributed by atoms with Crippen molar-refractivity contribution in [2.24, 2.45) is 0 Å². The summed E-state index contributed by atoms with van der Waals surface area (Å²) < 4.78 is 46.2. The lowest BCUT2D eigenvalue weighted by molar-refractivity contribution is -0.116. The van der Waals surface area contributed by atoms with Crippen molar-refractivity contribution in [1.82, 2.24) is 9.62 Å². The first-order valence-electron chi connectivity index (χ1n) is 8.95. The van der Waals surface area contributed by atoms with Crippen LogP contribution in [0.3, 0.4) is 0 Å². The molecule has 154 valence electrons. The molecule has 29 heavy (non-hydrogen) atoms. The Kier molecular flexibility index (Phi) is 7.02. The van der Waals surface area contributed by atoms with E-state index in [2.05, 4.69) is 5.32 Å². The molecule has 0 aromatic heterocycles. The van der Waals surface area contributed by atoms with E-state index in [9.17, 15) is 17.6 Å². The monoisotopic (exact) mass is 438 g/mol. The molecule has 1 amide bonds. The average Bonchev–Trinajstić information content (AvgIpc) is 2.72. The fourth-order valence-corrected chi connectivity index (χ4v) is 4.75. The normalized spacial score (nSPS) is 15.5. The van der Waals surface area contributed by atoms with Crippen LogP contribution < -0.4 is 5.32 Å². The first-order valence-corrected chi connectivity index (χ1v) is 10.8. The molecule has 1 fully saturated rings. The second-order valence-corrected chi connectivity index (χ2v) is 8.62. The number of amides is 1. The Hall–Kier alpha value is -2.26. The zero-order valence-corrected chi connectivity index (χ0v) is 17.0. The van der Waals surface area contributed by atoms with Gasteiger partial charge in [-0.15, -0.1) is 0 Å². The Morgan fingerprint density at radius 3 is 2.62 bits per heavy atom. The summed E-state index contributed by atoms with van der Waals surface area (Å²) in [5, 5.41) is 2.82. The number of rotatable bonds is 6. The second-order valence-electron chi connectivity index (χ2n) is 6.31. The number of carbonyl (C=O) groups is 1. The zero-order chi connectivity index (χ0) is 20.9. The van der Waals surface area contributed by atoms with E-state index in [0.717, 1.165) is 6.08 Å². The van der Waals surface area contributed by atoms with Gasteiger partial charge in [-0.25, -0.2) is 12.8 Å². The molecular formula is C20H20ClFN2O4S. The average molecular weight is 439 g/mol. The van der Waals surface area contributed by atoms with Gasteiger partial charge in [-0.3, -0.25) is 4.79 Å². The van der Waals surface area contributed by atoms with E-state index < -0.39 is 21.7 Å². The molecule has 0 aliphatic carbocycles. The van der Waals surface area contributed by atoms with Gasteiger partial charge >= 0.3 is 0 Å². The highest BCUT2D eigenvalue weighted by atomic mass is 35.5. The minimum absolute atomic E-state index is 0.00786. The van der Waals surface area contributed by atoms with Crippen LogP contribution in [0.1, 0.15) is 11.1 Å². The van der Waals surface area contributed by atoms with E-state index in [1.165, 1.54) is 34.6 Å². The number of benzene rings is 2. The van der Waals surface area contributed by atoms with E-state index in [-0.39, 0.29) is 35.1 Å². The van der Waals surface area contributed by atoms with Crippen molar-refractivity contribution in [1.29, 1.82) is 0 Å². The number of morpholine rings is 1. The third-order valence-electron chi connectivity index (χ3n) is 4.41. The maximum Gasteiger partial charge on any atom is 0.244 e. The summed E-state index contributed by atoms with van der Waals surface area (Å²) in [6, 6.07) is 10.7. The summed E-state index contributed by atoms with van der Waals surface area (Å²) >= 11 is 5.93. The Balaban J connectivity index is 1.71. The van der Waals surface area contributed by atoms with Gasteiger partial charge in [0.05, 0.1) is 23.1 Å². The van der Waals surface area contributed by atoms with E-state index in [4.69, 9.17) is 16.3 Å². The lowest BCUT2D eigenvalue weighted by atomic mass is 10.2. The number of sulfonamides is 1. The van der Waals surface area contributed by atoms with E-state index in [1.807, 2.05) is 0 Å². The van der Waals surface area contributed by atoms with Crippen LogP contribution in [0.5, 0.6) is 0 Å². The van der Waals surface area contributed by atoms with Crippen LogP contribution in [-0.4, -0.2) is 44.9 Å². The number of hydrogen-bond acceptors (Lipinski definition) is 4. The van der Waals surface area contributed by atoms with E-state index in [1.54, 1.807) is 18.2 Å². The van der Waals surface area contributed by atoms with Crippen molar-refractivity contribution in [2.75, 3.05) is 26.3 Å². The maximum atomic E-state index is 13.8. The Bertz CT molecular complexity index is 1000. The van der Waals surface area contributed by atoms with Gasteiger partial charge in [-0.2, -0.15) is 4.31 Å².